The van der Waals surface area contributed by atoms with Crippen molar-refractivity contribution in [2.24, 2.45) is 0 Å². The molecule has 1 amide bonds. The minimum atomic E-state index is -0.760. The van der Waals surface area contributed by atoms with E-state index in [0.29, 0.717) is 8.95 Å². The molecule has 3 rings (SSSR count). The number of carbonyl (C=O) groups excluding carboxylic acids is 2. The summed E-state index contributed by atoms with van der Waals surface area (Å²) in [6.07, 6.45) is 0. The normalized spacial score (nSPS) is 10.5. The van der Waals surface area contributed by atoms with Crippen LogP contribution < -0.4 is 15.4 Å². The first-order valence-electron chi connectivity index (χ1n) is 8.79. The largest absolute Gasteiger partial charge is 0.419 e. The number of carbonyl (C=O) groups is 2. The average molecular weight is 672 g/mol. The standard InChI is InChI=1S/C21H10Br2Cl4N2O3S/c22-9-1-3-14(25)12(5-9)19(30)29-21(33)28-17-8-11(24)7-16(27)18(17)32-20(31)13-6-10(23)2-4-15(13)26/h1-8H,(H2,28,29,30,33). The van der Waals surface area contributed by atoms with E-state index in [0.717, 1.165) is 0 Å². The van der Waals surface area contributed by atoms with Gasteiger partial charge in [-0.05, 0) is 60.7 Å². The number of hydrogen-bond acceptors (Lipinski definition) is 4. The molecule has 2 N–H and O–H groups in total. The minimum absolute atomic E-state index is 0.0358. The van der Waals surface area contributed by atoms with Gasteiger partial charge in [0.25, 0.3) is 5.91 Å². The van der Waals surface area contributed by atoms with Crippen LogP contribution in [-0.4, -0.2) is 17.0 Å². The SMILES string of the molecule is O=C(NC(=S)Nc1cc(Cl)cc(Cl)c1OC(=O)c1cc(Br)ccc1Cl)c1cc(Br)ccc1Cl. The number of nitrogens with one attached hydrogen (secondary N) is 2. The van der Waals surface area contributed by atoms with Crippen LogP contribution in [0.4, 0.5) is 5.69 Å². The Morgan fingerprint density at radius 3 is 2.03 bits per heavy atom. The lowest BCUT2D eigenvalue weighted by Gasteiger charge is -2.16. The summed E-state index contributed by atoms with van der Waals surface area (Å²) in [4.78, 5) is 25.3. The quantitative estimate of drug-likeness (QED) is 0.166. The molecule has 0 radical (unpaired) electrons. The highest BCUT2D eigenvalue weighted by Crippen LogP contribution is 2.37. The van der Waals surface area contributed by atoms with Crippen LogP contribution >= 0.6 is 90.5 Å². The Morgan fingerprint density at radius 2 is 1.39 bits per heavy atom. The third kappa shape index (κ3) is 6.82. The van der Waals surface area contributed by atoms with Crippen molar-refractivity contribution in [3.8, 4) is 5.75 Å². The third-order valence-corrected chi connectivity index (χ3v) is 6.35. The molecule has 33 heavy (non-hydrogen) atoms. The van der Waals surface area contributed by atoms with Crippen LogP contribution in [0.1, 0.15) is 20.7 Å². The second-order valence-corrected chi connectivity index (χ2v) is 10.2. The van der Waals surface area contributed by atoms with Crippen LogP contribution in [0, 0.1) is 0 Å². The number of amides is 1. The molecule has 5 nitrogen and oxygen atoms in total. The molecular formula is C21H10Br2Cl4N2O3S. The smallest absolute Gasteiger partial charge is 0.345 e. The Balaban J connectivity index is 1.84. The van der Waals surface area contributed by atoms with E-state index in [1.54, 1.807) is 30.3 Å². The van der Waals surface area contributed by atoms with Gasteiger partial charge in [0.05, 0.1) is 31.9 Å². The lowest BCUT2D eigenvalue weighted by molar-refractivity contribution is 0.0735. The number of benzene rings is 3. The summed E-state index contributed by atoms with van der Waals surface area (Å²) in [6.45, 7) is 0. The van der Waals surface area contributed by atoms with Gasteiger partial charge in [-0.2, -0.15) is 0 Å². The number of thiocarbonyl (C=S) groups is 1. The van der Waals surface area contributed by atoms with Crippen molar-refractivity contribution in [1.29, 1.82) is 0 Å². The van der Waals surface area contributed by atoms with Gasteiger partial charge in [0.15, 0.2) is 10.9 Å². The van der Waals surface area contributed by atoms with Gasteiger partial charge < -0.3 is 10.1 Å². The van der Waals surface area contributed by atoms with E-state index < -0.39 is 11.9 Å². The van der Waals surface area contributed by atoms with Crippen molar-refractivity contribution in [1.82, 2.24) is 5.32 Å². The number of hydrogen-bond donors (Lipinski definition) is 2. The second-order valence-electron chi connectivity index (χ2n) is 6.31. The fourth-order valence-corrected chi connectivity index (χ4v) is 4.41. The van der Waals surface area contributed by atoms with Gasteiger partial charge in [-0.15, -0.1) is 0 Å². The van der Waals surface area contributed by atoms with E-state index in [4.69, 9.17) is 63.4 Å². The first-order chi connectivity index (χ1) is 15.5. The molecule has 3 aromatic carbocycles. The van der Waals surface area contributed by atoms with E-state index in [1.165, 1.54) is 18.2 Å². The Bertz CT molecular complexity index is 1290. The zero-order valence-electron chi connectivity index (χ0n) is 16.0. The predicted octanol–water partition coefficient (Wildman–Crippen LogP) is 8.17. The Kier molecular flexibility index (Phi) is 9.02. The maximum Gasteiger partial charge on any atom is 0.345 e. The van der Waals surface area contributed by atoms with Gasteiger partial charge in [-0.25, -0.2) is 4.79 Å². The number of halogens is 6. The molecule has 0 spiro atoms. The van der Waals surface area contributed by atoms with Crippen molar-refractivity contribution >= 4 is 113 Å². The minimum Gasteiger partial charge on any atom is -0.419 e. The van der Waals surface area contributed by atoms with Crippen LogP contribution in [0.25, 0.3) is 0 Å². The van der Waals surface area contributed by atoms with Gasteiger partial charge in [-0.1, -0.05) is 78.3 Å². The van der Waals surface area contributed by atoms with Gasteiger partial charge >= 0.3 is 5.97 Å². The molecule has 12 heteroatoms. The van der Waals surface area contributed by atoms with Crippen LogP contribution in [0.3, 0.4) is 0 Å². The summed E-state index contributed by atoms with van der Waals surface area (Å²) in [6, 6.07) is 12.4. The van der Waals surface area contributed by atoms with Crippen molar-refractivity contribution in [2.45, 2.75) is 0 Å². The molecular weight excluding hydrogens is 662 g/mol. The highest BCUT2D eigenvalue weighted by Gasteiger charge is 2.20. The zero-order valence-corrected chi connectivity index (χ0v) is 23.0. The third-order valence-electron chi connectivity index (χ3n) is 4.00. The Morgan fingerprint density at radius 1 is 0.818 bits per heavy atom. The number of anilines is 1. The van der Waals surface area contributed by atoms with Crippen molar-refractivity contribution in [3.63, 3.8) is 0 Å². The van der Waals surface area contributed by atoms with Gasteiger partial charge in [-0.3, -0.25) is 10.1 Å². The molecule has 170 valence electrons. The predicted molar refractivity (Wildman–Crippen MR) is 143 cm³/mol. The van der Waals surface area contributed by atoms with E-state index in [2.05, 4.69) is 42.5 Å². The maximum atomic E-state index is 12.7. The Labute approximate surface area is 230 Å². The molecule has 0 bridgehead atoms. The number of rotatable bonds is 4. The molecule has 0 aliphatic rings. The van der Waals surface area contributed by atoms with E-state index >= 15 is 0 Å². The van der Waals surface area contributed by atoms with Gasteiger partial charge in [0.1, 0.15) is 0 Å². The van der Waals surface area contributed by atoms with E-state index in [-0.39, 0.29) is 47.8 Å². The first kappa shape index (κ1) is 26.2. The topological polar surface area (TPSA) is 67.4 Å². The first-order valence-corrected chi connectivity index (χ1v) is 12.3. The molecule has 0 fully saturated rings. The summed E-state index contributed by atoms with van der Waals surface area (Å²) in [5.41, 5.74) is 0.469. The van der Waals surface area contributed by atoms with Gasteiger partial charge in [0, 0.05) is 14.0 Å². The van der Waals surface area contributed by atoms with Crippen LogP contribution in [-0.2, 0) is 0 Å². The van der Waals surface area contributed by atoms with Crippen LogP contribution in [0.5, 0.6) is 5.75 Å². The summed E-state index contributed by atoms with van der Waals surface area (Å²) in [5, 5.41) is 5.87. The Hall–Kier alpha value is -1.39. The van der Waals surface area contributed by atoms with Crippen molar-refractivity contribution in [3.05, 3.63) is 88.7 Å². The number of esters is 1. The molecule has 0 atom stereocenters. The molecule has 0 aromatic heterocycles. The lowest BCUT2D eigenvalue weighted by atomic mass is 10.2. The lowest BCUT2D eigenvalue weighted by Crippen LogP contribution is -2.34. The summed E-state index contributed by atoms with van der Waals surface area (Å²) in [5.74, 6) is -1.37. The fraction of sp³-hybridized carbons (Fsp3) is 0. The van der Waals surface area contributed by atoms with E-state index in [1.807, 2.05) is 0 Å². The zero-order chi connectivity index (χ0) is 24.3. The number of ether oxygens (including phenoxy) is 1. The highest BCUT2D eigenvalue weighted by atomic mass is 79.9. The van der Waals surface area contributed by atoms with Crippen LogP contribution in [0.15, 0.2) is 57.5 Å². The monoisotopic (exact) mass is 668 g/mol. The average Bonchev–Trinajstić information content (AvgIpc) is 2.73. The summed E-state index contributed by atoms with van der Waals surface area (Å²) in [7, 11) is 0. The molecule has 0 saturated heterocycles. The van der Waals surface area contributed by atoms with E-state index in [9.17, 15) is 9.59 Å². The second kappa shape index (κ2) is 11.4. The summed E-state index contributed by atoms with van der Waals surface area (Å²) >= 11 is 36.4. The van der Waals surface area contributed by atoms with Crippen LogP contribution in [0.2, 0.25) is 20.1 Å². The van der Waals surface area contributed by atoms with Crippen molar-refractivity contribution < 1.29 is 14.3 Å². The molecule has 0 unspecified atom stereocenters. The maximum absolute atomic E-state index is 12.7. The van der Waals surface area contributed by atoms with Gasteiger partial charge in [0.2, 0.25) is 0 Å². The fourth-order valence-electron chi connectivity index (χ4n) is 2.55. The molecule has 0 aliphatic heterocycles. The highest BCUT2D eigenvalue weighted by molar-refractivity contribution is 9.10. The molecule has 0 heterocycles. The molecule has 3 aromatic rings. The molecule has 0 aliphatic carbocycles. The van der Waals surface area contributed by atoms with Crippen molar-refractivity contribution in [2.75, 3.05) is 5.32 Å². The summed E-state index contributed by atoms with van der Waals surface area (Å²) < 4.78 is 6.78. The molecule has 0 saturated carbocycles.